The largest absolute Gasteiger partial charge is 0.319 e. The van der Waals surface area contributed by atoms with Crippen LogP contribution in [-0.4, -0.2) is 67.2 Å². The number of amides is 2. The number of carbonyl (C=O) groups is 2. The number of aliphatic imine (C=N–C) groups is 1. The molecule has 2 aromatic rings. The van der Waals surface area contributed by atoms with Gasteiger partial charge >= 0.3 is 0 Å². The Morgan fingerprint density at radius 3 is 2.58 bits per heavy atom. The number of aryl methyl sites for hydroxylation is 1. The molecule has 0 aliphatic carbocycles. The summed E-state index contributed by atoms with van der Waals surface area (Å²) in [6, 6.07) is 15.4. The van der Waals surface area contributed by atoms with Crippen molar-refractivity contribution in [1.29, 1.82) is 0 Å². The van der Waals surface area contributed by atoms with Gasteiger partial charge in [-0.25, -0.2) is 5.01 Å². The second-order valence-corrected chi connectivity index (χ2v) is 8.08. The third-order valence-electron chi connectivity index (χ3n) is 5.53. The number of benzene rings is 2. The molecule has 1 saturated heterocycles. The van der Waals surface area contributed by atoms with Gasteiger partial charge in [0.25, 0.3) is 11.8 Å². The summed E-state index contributed by atoms with van der Waals surface area (Å²) in [7, 11) is 2.14. The third kappa shape index (κ3) is 5.28. The highest BCUT2D eigenvalue weighted by molar-refractivity contribution is 6.43. The van der Waals surface area contributed by atoms with E-state index in [1.54, 1.807) is 0 Å². The Morgan fingerprint density at radius 2 is 1.84 bits per heavy atom. The number of piperazine rings is 1. The first-order valence-electron chi connectivity index (χ1n) is 10.5. The van der Waals surface area contributed by atoms with E-state index in [1.165, 1.54) is 5.01 Å². The summed E-state index contributed by atoms with van der Waals surface area (Å²) < 4.78 is 0. The van der Waals surface area contributed by atoms with Crippen LogP contribution in [-0.2, 0) is 16.1 Å². The number of amidine groups is 1. The van der Waals surface area contributed by atoms with Crippen LogP contribution in [0.2, 0.25) is 0 Å². The van der Waals surface area contributed by atoms with Crippen LogP contribution in [0, 0.1) is 6.92 Å². The summed E-state index contributed by atoms with van der Waals surface area (Å²) in [4.78, 5) is 33.9. The molecule has 0 bridgehead atoms. The van der Waals surface area contributed by atoms with Crippen molar-refractivity contribution in [2.75, 3.05) is 50.1 Å². The minimum atomic E-state index is -0.374. The van der Waals surface area contributed by atoms with Crippen LogP contribution in [0.1, 0.15) is 11.1 Å². The molecule has 162 valence electrons. The van der Waals surface area contributed by atoms with Crippen molar-refractivity contribution in [3.8, 4) is 0 Å². The molecule has 2 aromatic carbocycles. The lowest BCUT2D eigenvalue weighted by Crippen LogP contribution is -2.54. The van der Waals surface area contributed by atoms with Crippen LogP contribution in [0.5, 0.6) is 0 Å². The minimum Gasteiger partial charge on any atom is -0.319 e. The van der Waals surface area contributed by atoms with Gasteiger partial charge in [-0.2, -0.15) is 0 Å². The highest BCUT2D eigenvalue weighted by Crippen LogP contribution is 2.17. The number of likely N-dealkylation sites (N-methyl/N-ethyl adjacent to an activating group) is 1. The topological polar surface area (TPSA) is 80.3 Å². The maximum Gasteiger partial charge on any atom is 0.292 e. The summed E-state index contributed by atoms with van der Waals surface area (Å²) in [6.07, 6.45) is 0. The number of hydrogen-bond acceptors (Lipinski definition) is 6. The predicted octanol–water partition coefficient (Wildman–Crippen LogP) is 1.63. The molecular formula is C23H28N6O2. The molecule has 2 heterocycles. The summed E-state index contributed by atoms with van der Waals surface area (Å²) in [5, 5.41) is 4.26. The third-order valence-corrected chi connectivity index (χ3v) is 5.53. The molecule has 0 aromatic heterocycles. The normalized spacial score (nSPS) is 17.8. The van der Waals surface area contributed by atoms with E-state index < -0.39 is 0 Å². The van der Waals surface area contributed by atoms with E-state index in [2.05, 4.69) is 38.6 Å². The van der Waals surface area contributed by atoms with E-state index >= 15 is 0 Å². The molecule has 2 aliphatic rings. The molecule has 2 N–H and O–H groups in total. The van der Waals surface area contributed by atoms with Crippen LogP contribution in [0.3, 0.4) is 0 Å². The van der Waals surface area contributed by atoms with E-state index in [1.807, 2.05) is 49.4 Å². The van der Waals surface area contributed by atoms with Crippen molar-refractivity contribution < 1.29 is 9.59 Å². The van der Waals surface area contributed by atoms with Gasteiger partial charge in [0, 0.05) is 38.4 Å². The van der Waals surface area contributed by atoms with E-state index in [0.29, 0.717) is 11.4 Å². The Morgan fingerprint density at radius 1 is 1.10 bits per heavy atom. The van der Waals surface area contributed by atoms with Gasteiger partial charge < -0.3 is 10.2 Å². The molecule has 1 fully saturated rings. The van der Waals surface area contributed by atoms with Gasteiger partial charge in [-0.15, -0.1) is 0 Å². The molecule has 0 saturated carbocycles. The second-order valence-electron chi connectivity index (χ2n) is 8.08. The fourth-order valence-corrected chi connectivity index (χ4v) is 3.65. The Hall–Kier alpha value is -3.23. The van der Waals surface area contributed by atoms with Gasteiger partial charge in [0.1, 0.15) is 6.54 Å². The van der Waals surface area contributed by atoms with Crippen LogP contribution in [0.4, 0.5) is 11.4 Å². The van der Waals surface area contributed by atoms with Gasteiger partial charge in [-0.3, -0.25) is 24.9 Å². The van der Waals surface area contributed by atoms with E-state index in [-0.39, 0.29) is 24.2 Å². The quantitative estimate of drug-likeness (QED) is 0.769. The Balaban J connectivity index is 1.39. The van der Waals surface area contributed by atoms with Crippen LogP contribution in [0.15, 0.2) is 53.5 Å². The van der Waals surface area contributed by atoms with Gasteiger partial charge in [-0.1, -0.05) is 29.8 Å². The van der Waals surface area contributed by atoms with Crippen LogP contribution < -0.4 is 15.8 Å². The molecule has 8 heteroatoms. The standard InChI is InChI=1S/C23H28N6O2/c1-17-6-8-20(9-7-17)29-21(30)15-24-22(26-29)23(31)25-19-5-3-4-18(14-19)16-28-12-10-27(2)11-13-28/h3-9,14H,10-13,15-16H2,1-2H3,(H,24,26)(H,25,31). The molecule has 2 amide bonds. The van der Waals surface area contributed by atoms with Crippen molar-refractivity contribution in [2.45, 2.75) is 13.5 Å². The van der Waals surface area contributed by atoms with Crippen molar-refractivity contribution in [3.63, 3.8) is 0 Å². The molecule has 0 unspecified atom stereocenters. The molecule has 0 radical (unpaired) electrons. The minimum absolute atomic E-state index is 0.0763. The average molecular weight is 421 g/mol. The van der Waals surface area contributed by atoms with Gasteiger partial charge in [0.2, 0.25) is 5.84 Å². The summed E-state index contributed by atoms with van der Waals surface area (Å²) >= 11 is 0. The second kappa shape index (κ2) is 9.28. The number of nitrogens with one attached hydrogen (secondary N) is 2. The number of hydrogen-bond donors (Lipinski definition) is 2. The zero-order valence-corrected chi connectivity index (χ0v) is 18.0. The lowest BCUT2D eigenvalue weighted by molar-refractivity contribution is -0.118. The average Bonchev–Trinajstić information content (AvgIpc) is 2.77. The Kier molecular flexibility index (Phi) is 6.29. The first-order valence-corrected chi connectivity index (χ1v) is 10.5. The van der Waals surface area contributed by atoms with Gasteiger partial charge in [0.15, 0.2) is 0 Å². The molecule has 0 atom stereocenters. The van der Waals surface area contributed by atoms with E-state index in [0.717, 1.165) is 43.9 Å². The van der Waals surface area contributed by atoms with Crippen molar-refractivity contribution >= 4 is 29.0 Å². The van der Waals surface area contributed by atoms with Gasteiger partial charge in [0.05, 0.1) is 5.69 Å². The molecule has 8 nitrogen and oxygen atoms in total. The smallest absolute Gasteiger partial charge is 0.292 e. The summed E-state index contributed by atoms with van der Waals surface area (Å²) in [6.45, 7) is 6.97. The fourth-order valence-electron chi connectivity index (χ4n) is 3.65. The maximum absolute atomic E-state index is 12.8. The highest BCUT2D eigenvalue weighted by atomic mass is 16.2. The highest BCUT2D eigenvalue weighted by Gasteiger charge is 2.25. The molecule has 0 spiro atoms. The summed E-state index contributed by atoms with van der Waals surface area (Å²) in [5.74, 6) is -0.472. The first-order chi connectivity index (χ1) is 15.0. The van der Waals surface area contributed by atoms with Crippen LogP contribution in [0.25, 0.3) is 0 Å². The molecular weight excluding hydrogens is 392 g/mol. The number of rotatable bonds is 5. The van der Waals surface area contributed by atoms with E-state index in [9.17, 15) is 9.59 Å². The van der Waals surface area contributed by atoms with Crippen LogP contribution >= 0.6 is 0 Å². The summed E-state index contributed by atoms with van der Waals surface area (Å²) in [5.41, 5.74) is 6.48. The zero-order chi connectivity index (χ0) is 21.8. The number of nitrogens with zero attached hydrogens (tertiary/aromatic N) is 4. The monoisotopic (exact) mass is 420 g/mol. The Bertz CT molecular complexity index is 980. The molecule has 31 heavy (non-hydrogen) atoms. The van der Waals surface area contributed by atoms with E-state index in [4.69, 9.17) is 0 Å². The number of anilines is 2. The lowest BCUT2D eigenvalue weighted by Gasteiger charge is -2.32. The van der Waals surface area contributed by atoms with Crippen molar-refractivity contribution in [2.24, 2.45) is 4.99 Å². The van der Waals surface area contributed by atoms with Crippen molar-refractivity contribution in [1.82, 2.24) is 15.2 Å². The fraction of sp³-hybridized carbons (Fsp3) is 0.348. The first kappa shape index (κ1) is 21.0. The SMILES string of the molecule is Cc1ccc(N2NC(C(=O)Nc3cccc(CN4CCN(C)CC4)c3)=NCC2=O)cc1. The lowest BCUT2D eigenvalue weighted by atomic mass is 10.1. The number of hydrazine groups is 1. The van der Waals surface area contributed by atoms with Crippen molar-refractivity contribution in [3.05, 3.63) is 59.7 Å². The zero-order valence-electron chi connectivity index (χ0n) is 18.0. The number of carbonyl (C=O) groups excluding carboxylic acids is 2. The van der Waals surface area contributed by atoms with Gasteiger partial charge in [-0.05, 0) is 43.8 Å². The molecule has 2 aliphatic heterocycles. The predicted molar refractivity (Wildman–Crippen MR) is 122 cm³/mol. The maximum atomic E-state index is 12.8. The Labute approximate surface area is 182 Å². The molecule has 4 rings (SSSR count).